The number of fused-ring (bicyclic) bond motifs is 1. The van der Waals surface area contributed by atoms with Crippen molar-refractivity contribution in [1.82, 2.24) is 15.0 Å². The first-order chi connectivity index (χ1) is 5.83. The molecule has 3 N–H and O–H groups in total. The largest absolute Gasteiger partial charge is 0.384 e. The molecule has 0 aliphatic heterocycles. The van der Waals surface area contributed by atoms with Crippen molar-refractivity contribution in [1.29, 1.82) is 5.26 Å². The summed E-state index contributed by atoms with van der Waals surface area (Å²) in [5.41, 5.74) is 6.52. The maximum absolute atomic E-state index is 8.70. The summed E-state index contributed by atoms with van der Waals surface area (Å²) >= 11 is 0. The molecule has 2 aromatic heterocycles. The summed E-state index contributed by atoms with van der Waals surface area (Å²) in [5, 5.41) is 9.36. The number of nitrogens with one attached hydrogen (secondary N) is 1. The molecule has 2 heterocycles. The van der Waals surface area contributed by atoms with Crippen molar-refractivity contribution in [3.8, 4) is 6.07 Å². The summed E-state index contributed by atoms with van der Waals surface area (Å²) in [6.45, 7) is 0. The van der Waals surface area contributed by atoms with Gasteiger partial charge in [-0.25, -0.2) is 9.97 Å². The van der Waals surface area contributed by atoms with Crippen molar-refractivity contribution < 1.29 is 0 Å². The van der Waals surface area contributed by atoms with Gasteiger partial charge in [0.05, 0.1) is 5.39 Å². The van der Waals surface area contributed by atoms with Crippen LogP contribution in [0, 0.1) is 11.3 Å². The molecule has 0 fully saturated rings. The number of hydrogen-bond donors (Lipinski definition) is 2. The minimum Gasteiger partial charge on any atom is -0.384 e. The van der Waals surface area contributed by atoms with Gasteiger partial charge in [-0.15, -0.1) is 0 Å². The van der Waals surface area contributed by atoms with Crippen LogP contribution in [0.25, 0.3) is 11.0 Å². The smallest absolute Gasteiger partial charge is 0.143 e. The molecule has 0 aliphatic rings. The van der Waals surface area contributed by atoms with Gasteiger partial charge in [-0.1, -0.05) is 0 Å². The third kappa shape index (κ3) is 0.720. The lowest BCUT2D eigenvalue weighted by molar-refractivity contribution is 1.20. The topological polar surface area (TPSA) is 91.4 Å². The third-order valence-corrected chi connectivity index (χ3v) is 1.62. The lowest BCUT2D eigenvalue weighted by Gasteiger charge is -1.84. The van der Waals surface area contributed by atoms with Crippen LogP contribution in [0.5, 0.6) is 0 Å². The van der Waals surface area contributed by atoms with Gasteiger partial charge in [-0.3, -0.25) is 0 Å². The number of nitriles is 1. The Morgan fingerprint density at radius 3 is 3.17 bits per heavy atom. The summed E-state index contributed by atoms with van der Waals surface area (Å²) in [7, 11) is 0. The van der Waals surface area contributed by atoms with E-state index in [9.17, 15) is 0 Å². The van der Waals surface area contributed by atoms with E-state index in [1.54, 1.807) is 6.20 Å². The fourth-order valence-electron chi connectivity index (χ4n) is 1.07. The van der Waals surface area contributed by atoms with Gasteiger partial charge in [-0.05, 0) is 0 Å². The van der Waals surface area contributed by atoms with E-state index in [4.69, 9.17) is 11.0 Å². The van der Waals surface area contributed by atoms with Crippen LogP contribution in [0.3, 0.4) is 0 Å². The number of nitrogen functional groups attached to an aromatic ring is 1. The van der Waals surface area contributed by atoms with Gasteiger partial charge in [-0.2, -0.15) is 5.26 Å². The molecule has 0 amide bonds. The molecule has 2 aromatic rings. The quantitative estimate of drug-likeness (QED) is 0.582. The average molecular weight is 159 g/mol. The van der Waals surface area contributed by atoms with E-state index in [0.29, 0.717) is 22.4 Å². The van der Waals surface area contributed by atoms with Gasteiger partial charge in [0.15, 0.2) is 0 Å². The Kier molecular flexibility index (Phi) is 1.21. The molecule has 0 radical (unpaired) electrons. The van der Waals surface area contributed by atoms with Crippen LogP contribution in [0.15, 0.2) is 12.5 Å². The molecule has 0 saturated carbocycles. The second kappa shape index (κ2) is 2.20. The monoisotopic (exact) mass is 159 g/mol. The van der Waals surface area contributed by atoms with Crippen molar-refractivity contribution in [3.63, 3.8) is 0 Å². The molecule has 0 aromatic carbocycles. The van der Waals surface area contributed by atoms with Crippen LogP contribution in [0.4, 0.5) is 5.82 Å². The number of hydrogen-bond acceptors (Lipinski definition) is 4. The third-order valence-electron chi connectivity index (χ3n) is 1.62. The standard InChI is InChI=1S/C7H5N5/c8-1-4-5-2-10-3-11-7(5)12-6(4)9/h2-3H,9H2,(H,10,11,12). The Bertz CT molecular complexity index is 464. The molecule has 12 heavy (non-hydrogen) atoms. The van der Waals surface area contributed by atoms with Crippen LogP contribution >= 0.6 is 0 Å². The van der Waals surface area contributed by atoms with E-state index in [-0.39, 0.29) is 0 Å². The first-order valence-corrected chi connectivity index (χ1v) is 3.30. The van der Waals surface area contributed by atoms with Gasteiger partial charge in [0, 0.05) is 6.20 Å². The lowest BCUT2D eigenvalue weighted by atomic mass is 10.2. The van der Waals surface area contributed by atoms with E-state index < -0.39 is 0 Å². The number of H-pyrrole nitrogens is 1. The van der Waals surface area contributed by atoms with E-state index in [2.05, 4.69) is 15.0 Å². The van der Waals surface area contributed by atoms with E-state index in [1.807, 2.05) is 6.07 Å². The van der Waals surface area contributed by atoms with Gasteiger partial charge in [0.1, 0.15) is 29.4 Å². The minimum absolute atomic E-state index is 0.341. The molecule has 0 bridgehead atoms. The molecular formula is C7H5N5. The second-order valence-corrected chi connectivity index (χ2v) is 2.31. The molecule has 0 atom stereocenters. The number of anilines is 1. The van der Waals surface area contributed by atoms with E-state index in [1.165, 1.54) is 6.33 Å². The van der Waals surface area contributed by atoms with Crippen molar-refractivity contribution in [2.45, 2.75) is 0 Å². The van der Waals surface area contributed by atoms with Crippen molar-refractivity contribution in [2.75, 3.05) is 5.73 Å². The highest BCUT2D eigenvalue weighted by molar-refractivity contribution is 5.87. The summed E-state index contributed by atoms with van der Waals surface area (Å²) in [4.78, 5) is 10.5. The van der Waals surface area contributed by atoms with Crippen LogP contribution in [0.1, 0.15) is 5.56 Å². The summed E-state index contributed by atoms with van der Waals surface area (Å²) in [6, 6.07) is 1.98. The Hall–Kier alpha value is -2.09. The van der Waals surface area contributed by atoms with E-state index in [0.717, 1.165) is 0 Å². The highest BCUT2D eigenvalue weighted by Crippen LogP contribution is 2.19. The predicted octanol–water partition coefficient (Wildman–Crippen LogP) is 0.412. The molecule has 0 saturated heterocycles. The van der Waals surface area contributed by atoms with Crippen LogP contribution in [0.2, 0.25) is 0 Å². The van der Waals surface area contributed by atoms with Crippen LogP contribution in [-0.2, 0) is 0 Å². The number of nitrogens with zero attached hydrogens (tertiary/aromatic N) is 3. The minimum atomic E-state index is 0.341. The molecule has 5 nitrogen and oxygen atoms in total. The highest BCUT2D eigenvalue weighted by Gasteiger charge is 2.07. The Morgan fingerprint density at radius 1 is 1.58 bits per heavy atom. The Labute approximate surface area is 67.9 Å². The van der Waals surface area contributed by atoms with Gasteiger partial charge in [0.25, 0.3) is 0 Å². The zero-order chi connectivity index (χ0) is 8.55. The molecule has 2 rings (SSSR count). The summed E-state index contributed by atoms with van der Waals surface area (Å²) < 4.78 is 0. The molecule has 58 valence electrons. The Balaban J connectivity index is 2.93. The maximum Gasteiger partial charge on any atom is 0.143 e. The fourth-order valence-corrected chi connectivity index (χ4v) is 1.07. The normalized spacial score (nSPS) is 9.92. The zero-order valence-corrected chi connectivity index (χ0v) is 6.07. The van der Waals surface area contributed by atoms with E-state index >= 15 is 0 Å². The first-order valence-electron chi connectivity index (χ1n) is 3.30. The second-order valence-electron chi connectivity index (χ2n) is 2.31. The Morgan fingerprint density at radius 2 is 2.42 bits per heavy atom. The van der Waals surface area contributed by atoms with Crippen molar-refractivity contribution >= 4 is 16.9 Å². The van der Waals surface area contributed by atoms with Gasteiger partial charge < -0.3 is 10.7 Å². The van der Waals surface area contributed by atoms with Crippen molar-refractivity contribution in [2.24, 2.45) is 0 Å². The number of aromatic amines is 1. The van der Waals surface area contributed by atoms with Crippen molar-refractivity contribution in [3.05, 3.63) is 18.1 Å². The van der Waals surface area contributed by atoms with Crippen LogP contribution in [-0.4, -0.2) is 15.0 Å². The highest BCUT2D eigenvalue weighted by atomic mass is 15.0. The number of rotatable bonds is 0. The average Bonchev–Trinajstić information content (AvgIpc) is 2.40. The number of nitrogens with two attached hydrogens (primary N) is 1. The van der Waals surface area contributed by atoms with Crippen LogP contribution < -0.4 is 5.73 Å². The van der Waals surface area contributed by atoms with Gasteiger partial charge in [0.2, 0.25) is 0 Å². The molecule has 0 aliphatic carbocycles. The summed E-state index contributed by atoms with van der Waals surface area (Å²) in [5.74, 6) is 0.341. The zero-order valence-electron chi connectivity index (χ0n) is 6.07. The molecule has 0 spiro atoms. The fraction of sp³-hybridized carbons (Fsp3) is 0. The molecule has 5 heteroatoms. The predicted molar refractivity (Wildman–Crippen MR) is 43.0 cm³/mol. The summed E-state index contributed by atoms with van der Waals surface area (Å²) in [6.07, 6.45) is 2.97. The molecule has 0 unspecified atom stereocenters. The lowest BCUT2D eigenvalue weighted by Crippen LogP contribution is -1.86. The first kappa shape index (κ1) is 6.61. The molecular weight excluding hydrogens is 154 g/mol. The number of aromatic nitrogens is 3. The maximum atomic E-state index is 8.70. The SMILES string of the molecule is N#Cc1c(N)[nH]c2ncncc12. The van der Waals surface area contributed by atoms with Gasteiger partial charge >= 0.3 is 0 Å².